The van der Waals surface area contributed by atoms with Crippen LogP contribution in [0.1, 0.15) is 26.7 Å². The SMILES string of the molecule is CC(C)C1=CCCC(N)=C1. The summed E-state index contributed by atoms with van der Waals surface area (Å²) >= 11 is 0. The Hall–Kier alpha value is -0.720. The maximum atomic E-state index is 5.68. The fourth-order valence-electron chi connectivity index (χ4n) is 1.15. The standard InChI is InChI=1S/C9H15N/c1-7(2)8-4-3-5-9(10)6-8/h4,6-7H,3,5,10H2,1-2H3. The molecular formula is C9H15N. The Morgan fingerprint density at radius 2 is 2.20 bits per heavy atom. The van der Waals surface area contributed by atoms with Gasteiger partial charge in [-0.15, -0.1) is 0 Å². The predicted molar refractivity (Wildman–Crippen MR) is 44.4 cm³/mol. The van der Waals surface area contributed by atoms with Gasteiger partial charge in [-0.25, -0.2) is 0 Å². The molecule has 0 aromatic carbocycles. The highest BCUT2D eigenvalue weighted by molar-refractivity contribution is 5.27. The molecule has 0 unspecified atom stereocenters. The van der Waals surface area contributed by atoms with Crippen molar-refractivity contribution in [3.63, 3.8) is 0 Å². The summed E-state index contributed by atoms with van der Waals surface area (Å²) in [5.41, 5.74) is 8.11. The minimum atomic E-state index is 0.624. The summed E-state index contributed by atoms with van der Waals surface area (Å²) < 4.78 is 0. The lowest BCUT2D eigenvalue weighted by Crippen LogP contribution is -2.04. The summed E-state index contributed by atoms with van der Waals surface area (Å²) in [4.78, 5) is 0. The third kappa shape index (κ3) is 1.63. The lowest BCUT2D eigenvalue weighted by molar-refractivity contribution is 0.763. The molecule has 1 aliphatic carbocycles. The number of allylic oxidation sites excluding steroid dienone is 4. The third-order valence-corrected chi connectivity index (χ3v) is 1.83. The molecule has 0 heterocycles. The van der Waals surface area contributed by atoms with Gasteiger partial charge in [-0.3, -0.25) is 0 Å². The highest BCUT2D eigenvalue weighted by Gasteiger charge is 2.04. The van der Waals surface area contributed by atoms with Crippen molar-refractivity contribution in [3.8, 4) is 0 Å². The van der Waals surface area contributed by atoms with Crippen LogP contribution in [0.25, 0.3) is 0 Å². The summed E-state index contributed by atoms with van der Waals surface area (Å²) in [6.07, 6.45) is 6.54. The molecule has 0 saturated carbocycles. The van der Waals surface area contributed by atoms with Gasteiger partial charge in [-0.1, -0.05) is 19.9 Å². The molecule has 56 valence electrons. The molecule has 1 aliphatic rings. The molecular weight excluding hydrogens is 122 g/mol. The van der Waals surface area contributed by atoms with Gasteiger partial charge >= 0.3 is 0 Å². The van der Waals surface area contributed by atoms with E-state index in [1.807, 2.05) is 0 Å². The van der Waals surface area contributed by atoms with Gasteiger partial charge in [0.25, 0.3) is 0 Å². The van der Waals surface area contributed by atoms with Gasteiger partial charge in [0.1, 0.15) is 0 Å². The smallest absolute Gasteiger partial charge is 0.00863 e. The van der Waals surface area contributed by atoms with Gasteiger partial charge in [-0.2, -0.15) is 0 Å². The van der Waals surface area contributed by atoms with Crippen LogP contribution in [0.3, 0.4) is 0 Å². The van der Waals surface area contributed by atoms with Crippen LogP contribution >= 0.6 is 0 Å². The third-order valence-electron chi connectivity index (χ3n) is 1.83. The number of hydrogen-bond acceptors (Lipinski definition) is 1. The van der Waals surface area contributed by atoms with E-state index in [1.165, 1.54) is 5.57 Å². The van der Waals surface area contributed by atoms with E-state index in [0.29, 0.717) is 5.92 Å². The van der Waals surface area contributed by atoms with Crippen LogP contribution < -0.4 is 5.73 Å². The van der Waals surface area contributed by atoms with Crippen LogP contribution in [0.15, 0.2) is 23.4 Å². The van der Waals surface area contributed by atoms with E-state index in [1.54, 1.807) is 0 Å². The summed E-state index contributed by atoms with van der Waals surface area (Å²) in [5.74, 6) is 0.624. The largest absolute Gasteiger partial charge is 0.402 e. The molecule has 0 saturated heterocycles. The van der Waals surface area contributed by atoms with E-state index in [4.69, 9.17) is 5.73 Å². The van der Waals surface area contributed by atoms with E-state index in [2.05, 4.69) is 26.0 Å². The van der Waals surface area contributed by atoms with E-state index in [-0.39, 0.29) is 0 Å². The molecule has 0 atom stereocenters. The number of hydrogen-bond donors (Lipinski definition) is 1. The molecule has 1 heteroatoms. The highest BCUT2D eigenvalue weighted by Crippen LogP contribution is 2.19. The van der Waals surface area contributed by atoms with Crippen LogP contribution in [-0.2, 0) is 0 Å². The van der Waals surface area contributed by atoms with Gasteiger partial charge in [0.15, 0.2) is 0 Å². The Balaban J connectivity index is 2.69. The van der Waals surface area contributed by atoms with Gasteiger partial charge in [0.2, 0.25) is 0 Å². The zero-order valence-corrected chi connectivity index (χ0v) is 6.72. The molecule has 0 spiro atoms. The Kier molecular flexibility index (Phi) is 2.15. The van der Waals surface area contributed by atoms with Crippen molar-refractivity contribution in [2.24, 2.45) is 11.7 Å². The Bertz CT molecular complexity index is 175. The zero-order chi connectivity index (χ0) is 7.56. The molecule has 1 rings (SSSR count). The first kappa shape index (κ1) is 7.39. The summed E-state index contributed by atoms with van der Waals surface area (Å²) in [6.45, 7) is 4.39. The second-order valence-electron chi connectivity index (χ2n) is 3.12. The van der Waals surface area contributed by atoms with Gasteiger partial charge in [0, 0.05) is 5.70 Å². The average Bonchev–Trinajstić information content (AvgIpc) is 1.88. The normalized spacial score (nSPS) is 18.7. The van der Waals surface area contributed by atoms with E-state index in [0.717, 1.165) is 18.5 Å². The van der Waals surface area contributed by atoms with E-state index < -0.39 is 0 Å². The maximum absolute atomic E-state index is 5.68. The Morgan fingerprint density at radius 1 is 1.50 bits per heavy atom. The first-order valence-electron chi connectivity index (χ1n) is 3.86. The predicted octanol–water partition coefficient (Wildman–Crippen LogP) is 2.21. The van der Waals surface area contributed by atoms with Gasteiger partial charge < -0.3 is 5.73 Å². The minimum Gasteiger partial charge on any atom is -0.402 e. The van der Waals surface area contributed by atoms with Crippen molar-refractivity contribution in [2.75, 3.05) is 0 Å². The van der Waals surface area contributed by atoms with Gasteiger partial charge in [0.05, 0.1) is 0 Å². The second-order valence-corrected chi connectivity index (χ2v) is 3.12. The van der Waals surface area contributed by atoms with Crippen molar-refractivity contribution in [2.45, 2.75) is 26.7 Å². The fraction of sp³-hybridized carbons (Fsp3) is 0.556. The molecule has 0 aliphatic heterocycles. The quantitative estimate of drug-likeness (QED) is 0.589. The van der Waals surface area contributed by atoms with Crippen molar-refractivity contribution >= 4 is 0 Å². The van der Waals surface area contributed by atoms with E-state index >= 15 is 0 Å². The van der Waals surface area contributed by atoms with E-state index in [9.17, 15) is 0 Å². The van der Waals surface area contributed by atoms with Crippen LogP contribution in [0.2, 0.25) is 0 Å². The lowest BCUT2D eigenvalue weighted by atomic mass is 9.96. The summed E-state index contributed by atoms with van der Waals surface area (Å²) in [7, 11) is 0. The Labute approximate surface area is 62.6 Å². The van der Waals surface area contributed by atoms with Crippen molar-refractivity contribution in [1.82, 2.24) is 0 Å². The monoisotopic (exact) mass is 137 g/mol. The fourth-order valence-corrected chi connectivity index (χ4v) is 1.15. The Morgan fingerprint density at radius 3 is 2.60 bits per heavy atom. The maximum Gasteiger partial charge on any atom is 0.00863 e. The van der Waals surface area contributed by atoms with Crippen molar-refractivity contribution < 1.29 is 0 Å². The summed E-state index contributed by atoms with van der Waals surface area (Å²) in [6, 6.07) is 0. The number of nitrogens with two attached hydrogens (primary N) is 1. The lowest BCUT2D eigenvalue weighted by Gasteiger charge is -2.12. The zero-order valence-electron chi connectivity index (χ0n) is 6.72. The topological polar surface area (TPSA) is 26.0 Å². The number of rotatable bonds is 1. The molecule has 0 amide bonds. The van der Waals surface area contributed by atoms with Crippen LogP contribution in [0.4, 0.5) is 0 Å². The molecule has 0 bridgehead atoms. The summed E-state index contributed by atoms with van der Waals surface area (Å²) in [5, 5.41) is 0. The molecule has 2 N–H and O–H groups in total. The molecule has 1 nitrogen and oxygen atoms in total. The van der Waals surface area contributed by atoms with Crippen molar-refractivity contribution in [3.05, 3.63) is 23.4 Å². The van der Waals surface area contributed by atoms with Crippen LogP contribution in [-0.4, -0.2) is 0 Å². The van der Waals surface area contributed by atoms with Crippen LogP contribution in [0.5, 0.6) is 0 Å². The molecule has 10 heavy (non-hydrogen) atoms. The highest BCUT2D eigenvalue weighted by atomic mass is 14.6. The van der Waals surface area contributed by atoms with Crippen LogP contribution in [0, 0.1) is 5.92 Å². The molecule has 0 radical (unpaired) electrons. The van der Waals surface area contributed by atoms with Gasteiger partial charge in [-0.05, 0) is 30.4 Å². The first-order valence-corrected chi connectivity index (χ1v) is 3.86. The molecule has 0 aromatic rings. The van der Waals surface area contributed by atoms with Crippen molar-refractivity contribution in [1.29, 1.82) is 0 Å². The second kappa shape index (κ2) is 2.91. The molecule has 0 fully saturated rings. The molecule has 0 aromatic heterocycles. The minimum absolute atomic E-state index is 0.624. The first-order chi connectivity index (χ1) is 4.70. The average molecular weight is 137 g/mol.